The van der Waals surface area contributed by atoms with Crippen molar-refractivity contribution >= 4 is 23.5 Å². The molecule has 0 spiro atoms. The van der Waals surface area contributed by atoms with Crippen molar-refractivity contribution in [2.75, 3.05) is 7.11 Å². The van der Waals surface area contributed by atoms with Gasteiger partial charge in [0.1, 0.15) is 17.6 Å². The highest BCUT2D eigenvalue weighted by Gasteiger charge is 2.32. The number of thioether (sulfide) groups is 1. The highest BCUT2D eigenvalue weighted by Crippen LogP contribution is 2.26. The van der Waals surface area contributed by atoms with E-state index in [9.17, 15) is 4.79 Å². The van der Waals surface area contributed by atoms with Gasteiger partial charge in [-0.1, -0.05) is 12.1 Å². The van der Waals surface area contributed by atoms with Crippen LogP contribution in [0.15, 0.2) is 24.3 Å². The van der Waals surface area contributed by atoms with Gasteiger partial charge in [-0.25, -0.2) is 0 Å². The first-order chi connectivity index (χ1) is 9.10. The van der Waals surface area contributed by atoms with Crippen LogP contribution in [0.4, 0.5) is 0 Å². The number of nitrogens with one attached hydrogen (secondary N) is 2. The molecule has 1 amide bonds. The molecule has 2 atom stereocenters. The number of ether oxygens (including phenoxy) is 1. The van der Waals surface area contributed by atoms with Gasteiger partial charge in [0, 0.05) is 5.75 Å². The summed E-state index contributed by atoms with van der Waals surface area (Å²) < 4.78 is 5.10. The summed E-state index contributed by atoms with van der Waals surface area (Å²) in [4.78, 5) is 11.1. The van der Waals surface area contributed by atoms with E-state index in [-0.39, 0.29) is 5.25 Å². The van der Waals surface area contributed by atoms with Gasteiger partial charge in [0.15, 0.2) is 0 Å². The van der Waals surface area contributed by atoms with Crippen LogP contribution < -0.4 is 15.8 Å². The van der Waals surface area contributed by atoms with Gasteiger partial charge < -0.3 is 15.8 Å². The predicted octanol–water partition coefficient (Wildman–Crippen LogP) is 1.12. The lowest BCUT2D eigenvalue weighted by Gasteiger charge is -2.08. The maximum atomic E-state index is 11.1. The molecule has 1 aliphatic rings. The van der Waals surface area contributed by atoms with Gasteiger partial charge in [-0.05, 0) is 24.1 Å². The molecule has 2 rings (SSSR count). The van der Waals surface area contributed by atoms with Crippen LogP contribution in [0.2, 0.25) is 0 Å². The number of methoxy groups -OCH3 is 1. The highest BCUT2D eigenvalue weighted by atomic mass is 32.2. The van der Waals surface area contributed by atoms with Gasteiger partial charge in [-0.2, -0.15) is 0 Å². The van der Waals surface area contributed by atoms with Crippen molar-refractivity contribution in [3.8, 4) is 5.75 Å². The average molecular weight is 279 g/mol. The Morgan fingerprint density at radius 3 is 2.74 bits per heavy atom. The van der Waals surface area contributed by atoms with Gasteiger partial charge in [-0.15, -0.1) is 11.8 Å². The molecule has 0 bridgehead atoms. The van der Waals surface area contributed by atoms with Gasteiger partial charge >= 0.3 is 0 Å². The first kappa shape index (κ1) is 13.7. The van der Waals surface area contributed by atoms with Crippen molar-refractivity contribution in [3.05, 3.63) is 29.8 Å². The fourth-order valence-electron chi connectivity index (χ4n) is 1.93. The van der Waals surface area contributed by atoms with E-state index in [1.165, 1.54) is 5.56 Å². The van der Waals surface area contributed by atoms with Crippen molar-refractivity contribution in [1.82, 2.24) is 5.32 Å². The Morgan fingerprint density at radius 1 is 1.53 bits per heavy atom. The summed E-state index contributed by atoms with van der Waals surface area (Å²) in [6.07, 6.45) is 0.592. The van der Waals surface area contributed by atoms with E-state index in [0.717, 1.165) is 11.5 Å². The molecule has 1 unspecified atom stereocenters. The fraction of sp³-hybridized carbons (Fsp3) is 0.385. The predicted molar refractivity (Wildman–Crippen MR) is 76.5 cm³/mol. The Labute approximate surface area is 116 Å². The summed E-state index contributed by atoms with van der Waals surface area (Å²) in [7, 11) is 1.64. The second-order valence-electron chi connectivity index (χ2n) is 4.40. The van der Waals surface area contributed by atoms with Crippen LogP contribution in [0, 0.1) is 5.41 Å². The SMILES string of the molecule is COc1ccc(CSC2C[C@@H](C(N)=O)NC2=N)cc1. The molecule has 1 aromatic carbocycles. The number of hydrogen-bond acceptors (Lipinski definition) is 4. The lowest BCUT2D eigenvalue weighted by Crippen LogP contribution is -2.37. The lowest BCUT2D eigenvalue weighted by molar-refractivity contribution is -0.119. The number of carbonyl (C=O) groups excluding carboxylic acids is 1. The number of rotatable bonds is 5. The van der Waals surface area contributed by atoms with Crippen molar-refractivity contribution in [3.63, 3.8) is 0 Å². The summed E-state index contributed by atoms with van der Waals surface area (Å²) in [5, 5.41) is 10.6. The van der Waals surface area contributed by atoms with E-state index in [0.29, 0.717) is 12.3 Å². The van der Waals surface area contributed by atoms with E-state index < -0.39 is 11.9 Å². The highest BCUT2D eigenvalue weighted by molar-refractivity contribution is 7.99. The van der Waals surface area contributed by atoms with Crippen LogP contribution in [-0.4, -0.2) is 30.1 Å². The number of nitrogens with two attached hydrogens (primary N) is 1. The quantitative estimate of drug-likeness (QED) is 0.753. The second kappa shape index (κ2) is 5.97. The molecule has 4 N–H and O–H groups in total. The molecule has 0 saturated carbocycles. The molecule has 0 aromatic heterocycles. The molecule has 0 aliphatic carbocycles. The Kier molecular flexibility index (Phi) is 4.31. The molecule has 1 saturated heterocycles. The summed E-state index contributed by atoms with van der Waals surface area (Å²) in [6, 6.07) is 7.44. The average Bonchev–Trinajstić information content (AvgIpc) is 2.79. The van der Waals surface area contributed by atoms with Crippen molar-refractivity contribution in [2.45, 2.75) is 23.5 Å². The largest absolute Gasteiger partial charge is 0.497 e. The zero-order chi connectivity index (χ0) is 13.8. The molecule has 1 aromatic rings. The zero-order valence-electron chi connectivity index (χ0n) is 10.7. The van der Waals surface area contributed by atoms with E-state index in [4.69, 9.17) is 15.9 Å². The minimum atomic E-state index is -0.402. The van der Waals surface area contributed by atoms with E-state index >= 15 is 0 Å². The van der Waals surface area contributed by atoms with E-state index in [1.54, 1.807) is 18.9 Å². The summed E-state index contributed by atoms with van der Waals surface area (Å²) in [5.74, 6) is 1.63. The van der Waals surface area contributed by atoms with Crippen molar-refractivity contribution in [1.29, 1.82) is 5.41 Å². The number of benzene rings is 1. The van der Waals surface area contributed by atoms with Crippen LogP contribution in [-0.2, 0) is 10.5 Å². The van der Waals surface area contributed by atoms with Gasteiger partial charge in [0.2, 0.25) is 5.91 Å². The third-order valence-electron chi connectivity index (χ3n) is 3.06. The van der Waals surface area contributed by atoms with Gasteiger partial charge in [-0.3, -0.25) is 10.2 Å². The van der Waals surface area contributed by atoms with Crippen LogP contribution in [0.3, 0.4) is 0 Å². The Bertz CT molecular complexity index is 475. The fourth-order valence-corrected chi connectivity index (χ4v) is 3.08. The first-order valence-corrected chi connectivity index (χ1v) is 7.04. The number of primary amides is 1. The van der Waals surface area contributed by atoms with Crippen molar-refractivity contribution < 1.29 is 9.53 Å². The molecule has 1 fully saturated rings. The molecule has 6 heteroatoms. The van der Waals surface area contributed by atoms with Crippen LogP contribution in [0.25, 0.3) is 0 Å². The monoisotopic (exact) mass is 279 g/mol. The summed E-state index contributed by atoms with van der Waals surface area (Å²) >= 11 is 1.64. The Hall–Kier alpha value is -1.69. The molecule has 1 heterocycles. The zero-order valence-corrected chi connectivity index (χ0v) is 11.5. The first-order valence-electron chi connectivity index (χ1n) is 5.99. The number of amides is 1. The molecule has 19 heavy (non-hydrogen) atoms. The molecule has 1 aliphatic heterocycles. The minimum absolute atomic E-state index is 0.0135. The third-order valence-corrected chi connectivity index (χ3v) is 4.39. The Balaban J connectivity index is 1.88. The van der Waals surface area contributed by atoms with E-state index in [2.05, 4.69) is 5.32 Å². The molecular weight excluding hydrogens is 262 g/mol. The maximum absolute atomic E-state index is 11.1. The topological polar surface area (TPSA) is 88.2 Å². The van der Waals surface area contributed by atoms with E-state index in [1.807, 2.05) is 24.3 Å². The standard InChI is InChI=1S/C13H17N3O2S/c1-18-9-4-2-8(3-5-9)7-19-11-6-10(13(15)17)16-12(11)14/h2-5,10-11H,6-7H2,1H3,(H2,14,16)(H2,15,17)/t10-,11?/m0/s1. The molecule has 102 valence electrons. The summed E-state index contributed by atoms with van der Waals surface area (Å²) in [5.41, 5.74) is 6.41. The normalized spacial score (nSPS) is 22.1. The molecular formula is C13H17N3O2S. The third kappa shape index (κ3) is 3.41. The second-order valence-corrected chi connectivity index (χ2v) is 5.59. The molecule has 5 nitrogen and oxygen atoms in total. The van der Waals surface area contributed by atoms with Gasteiger partial charge in [0.25, 0.3) is 0 Å². The number of carbonyl (C=O) groups is 1. The van der Waals surface area contributed by atoms with Gasteiger partial charge in [0.05, 0.1) is 12.4 Å². The van der Waals surface area contributed by atoms with Crippen LogP contribution >= 0.6 is 11.8 Å². The summed E-state index contributed by atoms with van der Waals surface area (Å²) in [6.45, 7) is 0. The minimum Gasteiger partial charge on any atom is -0.497 e. The Morgan fingerprint density at radius 2 is 2.21 bits per heavy atom. The number of hydrogen-bond donors (Lipinski definition) is 3. The maximum Gasteiger partial charge on any atom is 0.240 e. The van der Waals surface area contributed by atoms with Crippen LogP contribution in [0.5, 0.6) is 5.75 Å². The molecule has 0 radical (unpaired) electrons. The smallest absolute Gasteiger partial charge is 0.240 e. The van der Waals surface area contributed by atoms with Crippen molar-refractivity contribution in [2.24, 2.45) is 5.73 Å². The van der Waals surface area contributed by atoms with Crippen LogP contribution in [0.1, 0.15) is 12.0 Å². The lowest BCUT2D eigenvalue weighted by atomic mass is 10.2. The number of amidine groups is 1.